The number of carbonyl (C=O) groups is 1. The summed E-state index contributed by atoms with van der Waals surface area (Å²) < 4.78 is 0. The van der Waals surface area contributed by atoms with Crippen LogP contribution < -0.4 is 4.90 Å². The number of hydrogen-bond acceptors (Lipinski definition) is 3. The summed E-state index contributed by atoms with van der Waals surface area (Å²) in [6.07, 6.45) is 3.60. The molecule has 0 saturated carbocycles. The molecule has 1 aromatic carbocycles. The summed E-state index contributed by atoms with van der Waals surface area (Å²) in [6.45, 7) is 6.16. The summed E-state index contributed by atoms with van der Waals surface area (Å²) in [7, 11) is 0. The van der Waals surface area contributed by atoms with Crippen molar-refractivity contribution < 1.29 is 4.79 Å². The highest BCUT2D eigenvalue weighted by atomic mass is 35.5. The summed E-state index contributed by atoms with van der Waals surface area (Å²) in [6, 6.07) is 12.6. The highest BCUT2D eigenvalue weighted by molar-refractivity contribution is 6.33. The number of aromatic nitrogens is 1. The molecule has 4 rings (SSSR count). The van der Waals surface area contributed by atoms with Gasteiger partial charge in [0.15, 0.2) is 5.78 Å². The zero-order valence-electron chi connectivity index (χ0n) is 15.5. The molecule has 1 aliphatic carbocycles. The van der Waals surface area contributed by atoms with Gasteiger partial charge in [0.1, 0.15) is 5.82 Å². The Morgan fingerprint density at radius 3 is 2.50 bits per heavy atom. The maximum absolute atomic E-state index is 12.4. The van der Waals surface area contributed by atoms with Crippen LogP contribution in [0.3, 0.4) is 0 Å². The fourth-order valence-corrected chi connectivity index (χ4v) is 4.58. The lowest BCUT2D eigenvalue weighted by Crippen LogP contribution is -2.35. The Hall–Kier alpha value is -1.87. The van der Waals surface area contributed by atoms with E-state index in [2.05, 4.69) is 49.1 Å². The SMILES string of the molecule is CC1(C)CC(=O)c2cc(Cl)c(N3CCC(c4ccccc4)CC3)nc2C1. The van der Waals surface area contributed by atoms with Crippen LogP contribution in [0, 0.1) is 5.41 Å². The van der Waals surface area contributed by atoms with Crippen LogP contribution in [0.2, 0.25) is 5.02 Å². The van der Waals surface area contributed by atoms with Crippen LogP contribution in [0.5, 0.6) is 0 Å². The first kappa shape index (κ1) is 17.5. The second kappa shape index (κ2) is 6.70. The van der Waals surface area contributed by atoms with Crippen molar-refractivity contribution in [3.8, 4) is 0 Å². The lowest BCUT2D eigenvalue weighted by Gasteiger charge is -2.35. The van der Waals surface area contributed by atoms with Gasteiger partial charge in [-0.15, -0.1) is 0 Å². The second-order valence-corrected chi connectivity index (χ2v) is 8.81. The van der Waals surface area contributed by atoms with Gasteiger partial charge >= 0.3 is 0 Å². The predicted octanol–water partition coefficient (Wildman–Crippen LogP) is 5.27. The van der Waals surface area contributed by atoms with Gasteiger partial charge in [-0.2, -0.15) is 0 Å². The number of Topliss-reactive ketones (excluding diaryl/α,β-unsaturated/α-hetero) is 1. The number of carbonyl (C=O) groups excluding carboxylic acids is 1. The van der Waals surface area contributed by atoms with Crippen LogP contribution >= 0.6 is 11.6 Å². The number of halogens is 1. The van der Waals surface area contributed by atoms with Gasteiger partial charge in [-0.25, -0.2) is 4.98 Å². The largest absolute Gasteiger partial charge is 0.355 e. The van der Waals surface area contributed by atoms with E-state index in [0.717, 1.165) is 49.4 Å². The number of piperidine rings is 1. The fraction of sp³-hybridized carbons (Fsp3) is 0.455. The zero-order valence-corrected chi connectivity index (χ0v) is 16.2. The van der Waals surface area contributed by atoms with E-state index in [0.29, 0.717) is 17.4 Å². The van der Waals surface area contributed by atoms with E-state index in [-0.39, 0.29) is 11.2 Å². The van der Waals surface area contributed by atoms with Crippen LogP contribution in [0.15, 0.2) is 36.4 Å². The van der Waals surface area contributed by atoms with Gasteiger partial charge < -0.3 is 4.90 Å². The number of ketones is 1. The molecule has 2 aromatic rings. The molecule has 0 spiro atoms. The minimum Gasteiger partial charge on any atom is -0.355 e. The number of rotatable bonds is 2. The molecule has 0 bridgehead atoms. The van der Waals surface area contributed by atoms with E-state index in [1.54, 1.807) is 0 Å². The molecule has 0 radical (unpaired) electrons. The molecule has 0 atom stereocenters. The first-order valence-corrected chi connectivity index (χ1v) is 9.83. The third kappa shape index (κ3) is 3.37. The van der Waals surface area contributed by atoms with E-state index >= 15 is 0 Å². The predicted molar refractivity (Wildman–Crippen MR) is 106 cm³/mol. The topological polar surface area (TPSA) is 33.2 Å². The molecule has 1 aliphatic heterocycles. The Bertz CT molecular complexity index is 824. The monoisotopic (exact) mass is 368 g/mol. The molecule has 4 heteroatoms. The highest BCUT2D eigenvalue weighted by Gasteiger charge is 2.33. The van der Waals surface area contributed by atoms with Crippen molar-refractivity contribution >= 4 is 23.2 Å². The Kier molecular flexibility index (Phi) is 4.52. The zero-order chi connectivity index (χ0) is 18.3. The van der Waals surface area contributed by atoms with Crippen LogP contribution in [0.4, 0.5) is 5.82 Å². The molecule has 26 heavy (non-hydrogen) atoms. The third-order valence-corrected chi connectivity index (χ3v) is 5.97. The van der Waals surface area contributed by atoms with Crippen molar-refractivity contribution in [3.63, 3.8) is 0 Å². The van der Waals surface area contributed by atoms with Crippen molar-refractivity contribution in [2.75, 3.05) is 18.0 Å². The van der Waals surface area contributed by atoms with Crippen LogP contribution in [-0.2, 0) is 6.42 Å². The Labute approximate surface area is 160 Å². The smallest absolute Gasteiger partial charge is 0.165 e. The normalized spacial score (nSPS) is 20.1. The van der Waals surface area contributed by atoms with Gasteiger partial charge in [0.25, 0.3) is 0 Å². The highest BCUT2D eigenvalue weighted by Crippen LogP contribution is 2.38. The summed E-state index contributed by atoms with van der Waals surface area (Å²) in [5.41, 5.74) is 3.03. The summed E-state index contributed by atoms with van der Waals surface area (Å²) >= 11 is 6.53. The number of benzene rings is 1. The lowest BCUT2D eigenvalue weighted by atomic mass is 9.75. The fourth-order valence-electron chi connectivity index (χ4n) is 4.31. The van der Waals surface area contributed by atoms with Gasteiger partial charge in [-0.05, 0) is 42.2 Å². The van der Waals surface area contributed by atoms with Gasteiger partial charge in [-0.1, -0.05) is 55.8 Å². The number of nitrogens with zero attached hydrogens (tertiary/aromatic N) is 2. The second-order valence-electron chi connectivity index (χ2n) is 8.40. The summed E-state index contributed by atoms with van der Waals surface area (Å²) in [5.74, 6) is 1.62. The minimum atomic E-state index is -0.0253. The Morgan fingerprint density at radius 1 is 1.12 bits per heavy atom. The lowest BCUT2D eigenvalue weighted by molar-refractivity contribution is 0.0910. The van der Waals surface area contributed by atoms with Crippen LogP contribution in [0.25, 0.3) is 0 Å². The Morgan fingerprint density at radius 2 is 1.81 bits per heavy atom. The van der Waals surface area contributed by atoms with E-state index in [4.69, 9.17) is 16.6 Å². The minimum absolute atomic E-state index is 0.0253. The number of fused-ring (bicyclic) bond motifs is 1. The molecule has 3 nitrogen and oxygen atoms in total. The van der Waals surface area contributed by atoms with Gasteiger partial charge in [0.05, 0.1) is 10.7 Å². The molecule has 1 saturated heterocycles. The van der Waals surface area contributed by atoms with E-state index in [1.807, 2.05) is 6.07 Å². The van der Waals surface area contributed by atoms with Crippen molar-refractivity contribution in [1.82, 2.24) is 4.98 Å². The molecular weight excluding hydrogens is 344 g/mol. The number of anilines is 1. The first-order valence-electron chi connectivity index (χ1n) is 9.45. The van der Waals surface area contributed by atoms with Gasteiger partial charge in [0, 0.05) is 25.1 Å². The van der Waals surface area contributed by atoms with Gasteiger partial charge in [0.2, 0.25) is 0 Å². The van der Waals surface area contributed by atoms with E-state index < -0.39 is 0 Å². The van der Waals surface area contributed by atoms with E-state index in [9.17, 15) is 4.79 Å². The molecule has 0 unspecified atom stereocenters. The standard InChI is InChI=1S/C22H25ClN2O/c1-22(2)13-19-17(20(26)14-22)12-18(23)21(24-19)25-10-8-16(9-11-25)15-6-4-3-5-7-15/h3-7,12,16H,8-11,13-14H2,1-2H3. The number of hydrogen-bond donors (Lipinski definition) is 0. The maximum atomic E-state index is 12.4. The first-order chi connectivity index (χ1) is 12.4. The van der Waals surface area contributed by atoms with Crippen LogP contribution in [0.1, 0.15) is 60.6 Å². The average molecular weight is 369 g/mol. The Balaban J connectivity index is 1.55. The maximum Gasteiger partial charge on any atom is 0.165 e. The quantitative estimate of drug-likeness (QED) is 0.723. The molecule has 0 N–H and O–H groups in total. The molecule has 2 heterocycles. The van der Waals surface area contributed by atoms with Gasteiger partial charge in [-0.3, -0.25) is 4.79 Å². The summed E-state index contributed by atoms with van der Waals surface area (Å²) in [5, 5.41) is 0.606. The molecule has 2 aliphatic rings. The third-order valence-electron chi connectivity index (χ3n) is 5.69. The van der Waals surface area contributed by atoms with Crippen molar-refractivity contribution in [1.29, 1.82) is 0 Å². The van der Waals surface area contributed by atoms with Crippen molar-refractivity contribution in [2.45, 2.75) is 45.4 Å². The number of pyridine rings is 1. The molecule has 0 amide bonds. The molecular formula is C22H25ClN2O. The van der Waals surface area contributed by atoms with Crippen molar-refractivity contribution in [2.24, 2.45) is 5.41 Å². The van der Waals surface area contributed by atoms with Crippen molar-refractivity contribution in [3.05, 3.63) is 58.2 Å². The van der Waals surface area contributed by atoms with Crippen LogP contribution in [-0.4, -0.2) is 23.9 Å². The molecule has 1 fully saturated rings. The average Bonchev–Trinajstić information content (AvgIpc) is 2.62. The summed E-state index contributed by atoms with van der Waals surface area (Å²) in [4.78, 5) is 19.6. The molecule has 1 aromatic heterocycles. The molecule has 136 valence electrons. The van der Waals surface area contributed by atoms with E-state index in [1.165, 1.54) is 5.56 Å².